The topological polar surface area (TPSA) is 79.1 Å². The molecule has 0 saturated heterocycles. The summed E-state index contributed by atoms with van der Waals surface area (Å²) in [7, 11) is 1.35. The van der Waals surface area contributed by atoms with E-state index in [1.807, 2.05) is 47.0 Å². The second-order valence-corrected chi connectivity index (χ2v) is 8.20. The molecule has 1 aromatic heterocycles. The predicted molar refractivity (Wildman–Crippen MR) is 110 cm³/mol. The molecule has 1 aliphatic rings. The van der Waals surface area contributed by atoms with Gasteiger partial charge in [-0.05, 0) is 12.1 Å². The van der Waals surface area contributed by atoms with Gasteiger partial charge in [-0.2, -0.15) is 4.99 Å². The zero-order valence-electron chi connectivity index (χ0n) is 15.6. The number of carbonyl (C=O) groups is 2. The highest BCUT2D eigenvalue weighted by atomic mass is 32.2. The van der Waals surface area contributed by atoms with Crippen molar-refractivity contribution in [2.24, 2.45) is 4.99 Å². The number of esters is 1. The maximum atomic E-state index is 12.5. The van der Waals surface area contributed by atoms with Gasteiger partial charge in [0.15, 0.2) is 16.3 Å². The Morgan fingerprint density at radius 2 is 1.97 bits per heavy atom. The number of aromatic nitrogens is 1. The van der Waals surface area contributed by atoms with Crippen LogP contribution in [-0.4, -0.2) is 36.1 Å². The first-order chi connectivity index (χ1) is 14.1. The van der Waals surface area contributed by atoms with Crippen LogP contribution >= 0.6 is 23.1 Å². The third-order valence-electron chi connectivity index (χ3n) is 4.27. The lowest BCUT2D eigenvalue weighted by Gasteiger charge is -2.05. The average molecular weight is 431 g/mol. The molecule has 0 aliphatic carbocycles. The van der Waals surface area contributed by atoms with Gasteiger partial charge in [-0.1, -0.05) is 29.5 Å². The van der Waals surface area contributed by atoms with E-state index in [-0.39, 0.29) is 30.8 Å². The van der Waals surface area contributed by atoms with E-state index < -0.39 is 0 Å². The van der Waals surface area contributed by atoms with Crippen LogP contribution in [0.5, 0.6) is 11.5 Å². The lowest BCUT2D eigenvalue weighted by atomic mass is 10.3. The molecular weight excluding hydrogens is 412 g/mol. The highest BCUT2D eigenvalue weighted by Gasteiger charge is 2.18. The van der Waals surface area contributed by atoms with Gasteiger partial charge >= 0.3 is 5.97 Å². The maximum absolute atomic E-state index is 12.5. The van der Waals surface area contributed by atoms with E-state index in [2.05, 4.69) is 4.99 Å². The number of fused-ring (bicyclic) bond motifs is 2. The minimum Gasteiger partial charge on any atom is -0.469 e. The van der Waals surface area contributed by atoms with E-state index >= 15 is 0 Å². The van der Waals surface area contributed by atoms with Crippen molar-refractivity contribution in [2.45, 2.75) is 17.9 Å². The van der Waals surface area contributed by atoms with Gasteiger partial charge in [0.05, 0.1) is 29.5 Å². The summed E-state index contributed by atoms with van der Waals surface area (Å²) in [5.74, 6) is 0.973. The van der Waals surface area contributed by atoms with Crippen LogP contribution in [0.25, 0.3) is 10.2 Å². The first-order valence-corrected chi connectivity index (χ1v) is 10.7. The van der Waals surface area contributed by atoms with Crippen LogP contribution < -0.4 is 14.3 Å². The molecule has 2 heterocycles. The van der Waals surface area contributed by atoms with E-state index in [0.29, 0.717) is 22.8 Å². The monoisotopic (exact) mass is 430 g/mol. The van der Waals surface area contributed by atoms with Crippen LogP contribution in [0.2, 0.25) is 0 Å². The first kappa shape index (κ1) is 19.5. The third kappa shape index (κ3) is 4.46. The molecule has 150 valence electrons. The molecule has 0 radical (unpaired) electrons. The minimum absolute atomic E-state index is 0.177. The van der Waals surface area contributed by atoms with Crippen LogP contribution in [0.1, 0.15) is 6.42 Å². The third-order valence-corrected chi connectivity index (χ3v) is 6.31. The van der Waals surface area contributed by atoms with Gasteiger partial charge < -0.3 is 18.8 Å². The van der Waals surface area contributed by atoms with Gasteiger partial charge in [0, 0.05) is 23.6 Å². The van der Waals surface area contributed by atoms with Crippen molar-refractivity contribution in [3.8, 4) is 11.5 Å². The number of amides is 1. The quantitative estimate of drug-likeness (QED) is 0.441. The van der Waals surface area contributed by atoms with Crippen LogP contribution in [-0.2, 0) is 20.9 Å². The summed E-state index contributed by atoms with van der Waals surface area (Å²) in [4.78, 5) is 30.0. The average Bonchev–Trinajstić information content (AvgIpc) is 3.32. The summed E-state index contributed by atoms with van der Waals surface area (Å²) in [6.45, 7) is 0.533. The molecule has 9 heteroatoms. The summed E-state index contributed by atoms with van der Waals surface area (Å²) in [6, 6.07) is 13.4. The molecule has 0 atom stereocenters. The Morgan fingerprint density at radius 3 is 2.72 bits per heavy atom. The molecule has 0 spiro atoms. The van der Waals surface area contributed by atoms with Gasteiger partial charge in [-0.3, -0.25) is 9.59 Å². The van der Waals surface area contributed by atoms with E-state index in [9.17, 15) is 9.59 Å². The number of nitrogens with zero attached hydrogens (tertiary/aromatic N) is 2. The SMILES string of the molecule is COC(=O)CCn1c(=NC(=O)CSc2ccccc2)sc2cc3c(cc21)OCO3. The number of methoxy groups -OCH3 is 1. The fourth-order valence-corrected chi connectivity index (χ4v) is 4.65. The molecule has 0 bridgehead atoms. The first-order valence-electron chi connectivity index (χ1n) is 8.89. The molecule has 4 rings (SSSR count). The molecule has 0 saturated carbocycles. The minimum atomic E-state index is -0.325. The lowest BCUT2D eigenvalue weighted by Crippen LogP contribution is -2.19. The number of ether oxygens (including phenoxy) is 3. The van der Waals surface area contributed by atoms with Crippen molar-refractivity contribution in [1.82, 2.24) is 4.57 Å². The van der Waals surface area contributed by atoms with Gasteiger partial charge in [0.2, 0.25) is 6.79 Å². The second-order valence-electron chi connectivity index (χ2n) is 6.14. The number of hydrogen-bond acceptors (Lipinski definition) is 7. The smallest absolute Gasteiger partial charge is 0.307 e. The van der Waals surface area contributed by atoms with Crippen molar-refractivity contribution in [3.63, 3.8) is 0 Å². The Balaban J connectivity index is 1.65. The molecule has 1 aliphatic heterocycles. The van der Waals surface area contributed by atoms with Crippen LogP contribution in [0.4, 0.5) is 0 Å². The fourth-order valence-electron chi connectivity index (χ4n) is 2.87. The van der Waals surface area contributed by atoms with Crippen molar-refractivity contribution in [1.29, 1.82) is 0 Å². The van der Waals surface area contributed by atoms with E-state index in [0.717, 1.165) is 15.1 Å². The van der Waals surface area contributed by atoms with Crippen LogP contribution in [0, 0.1) is 0 Å². The highest BCUT2D eigenvalue weighted by molar-refractivity contribution is 8.00. The van der Waals surface area contributed by atoms with Crippen LogP contribution in [0.15, 0.2) is 52.4 Å². The van der Waals surface area contributed by atoms with Gasteiger partial charge in [-0.25, -0.2) is 0 Å². The molecular formula is C20H18N2O5S2. The van der Waals surface area contributed by atoms with Crippen molar-refractivity contribution < 1.29 is 23.8 Å². The van der Waals surface area contributed by atoms with Crippen LogP contribution in [0.3, 0.4) is 0 Å². The summed E-state index contributed by atoms with van der Waals surface area (Å²) < 4.78 is 18.4. The van der Waals surface area contributed by atoms with Gasteiger partial charge in [0.25, 0.3) is 5.91 Å². The number of aryl methyl sites for hydroxylation is 1. The number of rotatable bonds is 6. The fraction of sp³-hybridized carbons (Fsp3) is 0.250. The van der Waals surface area contributed by atoms with Gasteiger partial charge in [0.1, 0.15) is 0 Å². The maximum Gasteiger partial charge on any atom is 0.307 e. The molecule has 7 nitrogen and oxygen atoms in total. The number of thioether (sulfide) groups is 1. The molecule has 29 heavy (non-hydrogen) atoms. The standard InChI is InChI=1S/C20H18N2O5S2/c1-25-19(24)7-8-22-14-9-15-16(27-12-26-15)10-17(14)29-20(22)21-18(23)11-28-13-5-3-2-4-6-13/h2-6,9-10H,7-8,11-12H2,1H3. The summed E-state index contributed by atoms with van der Waals surface area (Å²) in [5, 5.41) is 0. The van der Waals surface area contributed by atoms with Gasteiger partial charge in [-0.15, -0.1) is 11.8 Å². The molecule has 2 aromatic carbocycles. The van der Waals surface area contributed by atoms with Crippen molar-refractivity contribution in [3.05, 3.63) is 47.3 Å². The van der Waals surface area contributed by atoms with E-state index in [1.54, 1.807) is 0 Å². The summed E-state index contributed by atoms with van der Waals surface area (Å²) >= 11 is 2.82. The largest absolute Gasteiger partial charge is 0.469 e. The highest BCUT2D eigenvalue weighted by Crippen LogP contribution is 2.37. The normalized spacial score (nSPS) is 13.1. The van der Waals surface area contributed by atoms with E-state index in [4.69, 9.17) is 14.2 Å². The summed E-state index contributed by atoms with van der Waals surface area (Å²) in [5.41, 5.74) is 0.838. The Hall–Kier alpha value is -2.78. The lowest BCUT2D eigenvalue weighted by molar-refractivity contribution is -0.140. The predicted octanol–water partition coefficient (Wildman–Crippen LogP) is 3.21. The Labute approximate surface area is 174 Å². The molecule has 0 fully saturated rings. The van der Waals surface area contributed by atoms with Crippen molar-refractivity contribution >= 4 is 45.2 Å². The molecule has 1 amide bonds. The summed E-state index contributed by atoms with van der Waals surface area (Å²) in [6.07, 6.45) is 0.177. The number of carbonyl (C=O) groups excluding carboxylic acids is 2. The molecule has 3 aromatic rings. The Morgan fingerprint density at radius 1 is 1.21 bits per heavy atom. The molecule has 0 unspecified atom stereocenters. The zero-order valence-corrected chi connectivity index (χ0v) is 17.3. The van der Waals surface area contributed by atoms with E-state index in [1.165, 1.54) is 30.2 Å². The second kappa shape index (κ2) is 8.71. The van der Waals surface area contributed by atoms with Crippen molar-refractivity contribution in [2.75, 3.05) is 19.7 Å². The number of hydrogen-bond donors (Lipinski definition) is 0. The Kier molecular flexibility index (Phi) is 5.86. The molecule has 0 N–H and O–H groups in total. The zero-order chi connectivity index (χ0) is 20.2. The Bertz CT molecular complexity index is 1120. The number of thiazole rings is 1. The number of benzene rings is 2.